The van der Waals surface area contributed by atoms with Gasteiger partial charge in [0.05, 0.1) is 5.60 Å². The molecule has 0 saturated carbocycles. The van der Waals surface area contributed by atoms with Crippen molar-refractivity contribution in [3.8, 4) is 0 Å². The molecule has 3 nitrogen and oxygen atoms in total. The average Bonchev–Trinajstić information content (AvgIpc) is 2.13. The first-order valence-corrected chi connectivity index (χ1v) is 5.35. The van der Waals surface area contributed by atoms with Crippen molar-refractivity contribution in [1.29, 1.82) is 0 Å². The quantitative estimate of drug-likeness (QED) is 0.780. The molecule has 0 unspecified atom stereocenters. The zero-order valence-electron chi connectivity index (χ0n) is 10.5. The molecule has 0 spiro atoms. The van der Waals surface area contributed by atoms with E-state index < -0.39 is 0 Å². The van der Waals surface area contributed by atoms with E-state index in [-0.39, 0.29) is 11.5 Å². The fourth-order valence-corrected chi connectivity index (χ4v) is 1.32. The predicted molar refractivity (Wildman–Crippen MR) is 64.2 cm³/mol. The van der Waals surface area contributed by atoms with Crippen molar-refractivity contribution >= 4 is 5.91 Å². The van der Waals surface area contributed by atoms with Gasteiger partial charge in [0.25, 0.3) is 5.91 Å². The molecule has 1 amide bonds. The lowest BCUT2D eigenvalue weighted by Gasteiger charge is -2.19. The van der Waals surface area contributed by atoms with Gasteiger partial charge in [0.1, 0.15) is 0 Å². The molecule has 0 aliphatic carbocycles. The van der Waals surface area contributed by atoms with Crippen molar-refractivity contribution in [2.45, 2.75) is 40.2 Å². The van der Waals surface area contributed by atoms with E-state index in [0.29, 0.717) is 5.56 Å². The molecule has 1 aromatic rings. The van der Waals surface area contributed by atoms with Gasteiger partial charge in [0.2, 0.25) is 0 Å². The second kappa shape index (κ2) is 4.66. The van der Waals surface area contributed by atoms with E-state index in [1.54, 1.807) is 0 Å². The molecule has 0 radical (unpaired) electrons. The molecule has 0 saturated heterocycles. The van der Waals surface area contributed by atoms with Gasteiger partial charge in [-0.05, 0) is 46.2 Å². The third-order valence-corrected chi connectivity index (χ3v) is 2.08. The van der Waals surface area contributed by atoms with Crippen LogP contribution in [0.2, 0.25) is 0 Å². The lowest BCUT2D eigenvalue weighted by Crippen LogP contribution is -2.33. The highest BCUT2D eigenvalue weighted by atomic mass is 16.7. The van der Waals surface area contributed by atoms with Crippen LogP contribution in [-0.4, -0.2) is 11.5 Å². The number of carbonyl (C=O) groups excluding carboxylic acids is 1. The Morgan fingerprint density at radius 1 is 1.25 bits per heavy atom. The zero-order chi connectivity index (χ0) is 12.3. The lowest BCUT2D eigenvalue weighted by molar-refractivity contribution is -0.0590. The molecular weight excluding hydrogens is 202 g/mol. The molecule has 88 valence electrons. The van der Waals surface area contributed by atoms with Gasteiger partial charge in [0.15, 0.2) is 0 Å². The molecule has 3 heteroatoms. The van der Waals surface area contributed by atoms with Gasteiger partial charge in [-0.1, -0.05) is 17.7 Å². The minimum atomic E-state index is -0.381. The summed E-state index contributed by atoms with van der Waals surface area (Å²) in [6, 6.07) is 5.71. The van der Waals surface area contributed by atoms with E-state index in [4.69, 9.17) is 4.84 Å². The first-order valence-electron chi connectivity index (χ1n) is 5.35. The molecule has 0 aliphatic heterocycles. The Morgan fingerprint density at radius 2 is 1.88 bits per heavy atom. The number of nitrogens with one attached hydrogen (secondary N) is 1. The van der Waals surface area contributed by atoms with Gasteiger partial charge >= 0.3 is 0 Å². The van der Waals surface area contributed by atoms with Crippen LogP contribution in [0.1, 0.15) is 42.3 Å². The topological polar surface area (TPSA) is 38.3 Å². The minimum Gasteiger partial charge on any atom is -0.268 e. The van der Waals surface area contributed by atoms with Crippen LogP contribution in [0, 0.1) is 13.8 Å². The van der Waals surface area contributed by atoms with Gasteiger partial charge in [0, 0.05) is 5.56 Å². The van der Waals surface area contributed by atoms with Crippen LogP contribution in [0.15, 0.2) is 18.2 Å². The second-order valence-electron chi connectivity index (χ2n) is 4.96. The van der Waals surface area contributed by atoms with E-state index in [1.807, 2.05) is 52.8 Å². The van der Waals surface area contributed by atoms with Crippen molar-refractivity contribution in [2.75, 3.05) is 0 Å². The minimum absolute atomic E-state index is 0.201. The largest absolute Gasteiger partial charge is 0.275 e. The second-order valence-corrected chi connectivity index (χ2v) is 4.96. The molecule has 1 aromatic carbocycles. The van der Waals surface area contributed by atoms with Gasteiger partial charge in [-0.15, -0.1) is 0 Å². The summed E-state index contributed by atoms with van der Waals surface area (Å²) in [6.45, 7) is 9.57. The summed E-state index contributed by atoms with van der Waals surface area (Å²) in [5, 5.41) is 0. The van der Waals surface area contributed by atoms with Crippen molar-refractivity contribution in [3.05, 3.63) is 34.9 Å². The van der Waals surface area contributed by atoms with Crippen LogP contribution in [0.3, 0.4) is 0 Å². The molecule has 16 heavy (non-hydrogen) atoms. The smallest absolute Gasteiger partial charge is 0.268 e. The Labute approximate surface area is 96.8 Å². The first kappa shape index (κ1) is 12.7. The Hall–Kier alpha value is -1.35. The molecule has 0 heterocycles. The number of hydroxylamine groups is 1. The third kappa shape index (κ3) is 3.66. The van der Waals surface area contributed by atoms with Crippen LogP contribution in [0.4, 0.5) is 0 Å². The monoisotopic (exact) mass is 221 g/mol. The van der Waals surface area contributed by atoms with Gasteiger partial charge in [-0.3, -0.25) is 9.63 Å². The van der Waals surface area contributed by atoms with Gasteiger partial charge in [-0.2, -0.15) is 0 Å². The van der Waals surface area contributed by atoms with Gasteiger partial charge in [-0.25, -0.2) is 5.48 Å². The summed E-state index contributed by atoms with van der Waals surface area (Å²) in [5.74, 6) is -0.201. The maximum Gasteiger partial charge on any atom is 0.275 e. The van der Waals surface area contributed by atoms with E-state index >= 15 is 0 Å². The van der Waals surface area contributed by atoms with E-state index in [2.05, 4.69) is 5.48 Å². The summed E-state index contributed by atoms with van der Waals surface area (Å²) >= 11 is 0. The Kier molecular flexibility index (Phi) is 3.70. The third-order valence-electron chi connectivity index (χ3n) is 2.08. The van der Waals surface area contributed by atoms with Crippen LogP contribution < -0.4 is 5.48 Å². The molecule has 1 N–H and O–H groups in total. The normalized spacial score (nSPS) is 11.3. The highest BCUT2D eigenvalue weighted by Gasteiger charge is 2.14. The SMILES string of the molecule is Cc1ccc(C(=O)NOC(C)(C)C)c(C)c1. The van der Waals surface area contributed by atoms with Crippen molar-refractivity contribution in [3.63, 3.8) is 0 Å². The summed E-state index contributed by atoms with van der Waals surface area (Å²) in [4.78, 5) is 17.0. The van der Waals surface area contributed by atoms with Gasteiger partial charge < -0.3 is 0 Å². The molecule has 0 aliphatic rings. The van der Waals surface area contributed by atoms with Crippen molar-refractivity contribution in [2.24, 2.45) is 0 Å². The van der Waals surface area contributed by atoms with Crippen LogP contribution in [-0.2, 0) is 4.84 Å². The molecule has 0 atom stereocenters. The summed E-state index contributed by atoms with van der Waals surface area (Å²) < 4.78 is 0. The summed E-state index contributed by atoms with van der Waals surface area (Å²) in [6.07, 6.45) is 0. The molecule has 0 bridgehead atoms. The highest BCUT2D eigenvalue weighted by molar-refractivity contribution is 5.94. The van der Waals surface area contributed by atoms with Crippen molar-refractivity contribution < 1.29 is 9.63 Å². The number of aryl methyl sites for hydroxylation is 2. The van der Waals surface area contributed by atoms with Crippen molar-refractivity contribution in [1.82, 2.24) is 5.48 Å². The standard InChI is InChI=1S/C13H19NO2/c1-9-6-7-11(10(2)8-9)12(15)14-16-13(3,4)5/h6-8H,1-5H3,(H,14,15). The van der Waals surface area contributed by atoms with E-state index in [0.717, 1.165) is 11.1 Å². The summed E-state index contributed by atoms with van der Waals surface area (Å²) in [7, 11) is 0. The number of carbonyl (C=O) groups is 1. The lowest BCUT2D eigenvalue weighted by atomic mass is 10.1. The number of amides is 1. The molecule has 1 rings (SSSR count). The Bertz CT molecular complexity index is 391. The van der Waals surface area contributed by atoms with Crippen LogP contribution in [0.25, 0.3) is 0 Å². The molecule has 0 aromatic heterocycles. The zero-order valence-corrected chi connectivity index (χ0v) is 10.5. The maximum absolute atomic E-state index is 11.8. The fourth-order valence-electron chi connectivity index (χ4n) is 1.32. The average molecular weight is 221 g/mol. The first-order chi connectivity index (χ1) is 7.29. The number of hydrogen-bond acceptors (Lipinski definition) is 2. The van der Waals surface area contributed by atoms with E-state index in [1.165, 1.54) is 0 Å². The number of benzene rings is 1. The van der Waals surface area contributed by atoms with Crippen LogP contribution >= 0.6 is 0 Å². The fraction of sp³-hybridized carbons (Fsp3) is 0.462. The molecule has 0 fully saturated rings. The Morgan fingerprint density at radius 3 is 2.38 bits per heavy atom. The van der Waals surface area contributed by atoms with Crippen LogP contribution in [0.5, 0.6) is 0 Å². The van der Waals surface area contributed by atoms with E-state index in [9.17, 15) is 4.79 Å². The summed E-state index contributed by atoms with van der Waals surface area (Å²) in [5.41, 5.74) is 4.83. The number of hydrogen-bond donors (Lipinski definition) is 1. The maximum atomic E-state index is 11.8. The Balaban J connectivity index is 2.74. The predicted octanol–water partition coefficient (Wildman–Crippen LogP) is 2.76. The molecular formula is C13H19NO2. The number of rotatable bonds is 2. The highest BCUT2D eigenvalue weighted by Crippen LogP contribution is 2.11.